The Hall–Kier alpha value is -1.46. The molecule has 0 amide bonds. The molecule has 1 aromatic carbocycles. The summed E-state index contributed by atoms with van der Waals surface area (Å²) in [5.41, 5.74) is 1.15. The largest absolute Gasteiger partial charge is 0.278 e. The molecule has 0 saturated heterocycles. The van der Waals surface area contributed by atoms with Crippen molar-refractivity contribution in [2.24, 2.45) is 0 Å². The summed E-state index contributed by atoms with van der Waals surface area (Å²) >= 11 is 5.88. The molecule has 0 N–H and O–H groups in total. The Morgan fingerprint density at radius 2 is 1.64 bits per heavy atom. The fourth-order valence-corrected chi connectivity index (χ4v) is 4.57. The third kappa shape index (κ3) is 3.08. The van der Waals surface area contributed by atoms with Gasteiger partial charge in [-0.05, 0) is 62.9 Å². The second-order valence-electron chi connectivity index (χ2n) is 7.91. The van der Waals surface area contributed by atoms with E-state index in [0.717, 1.165) is 29.2 Å². The van der Waals surface area contributed by atoms with Gasteiger partial charge in [0.1, 0.15) is 5.82 Å². The van der Waals surface area contributed by atoms with Gasteiger partial charge in [-0.15, -0.1) is 0 Å². The van der Waals surface area contributed by atoms with Gasteiger partial charge < -0.3 is 0 Å². The molecule has 3 aliphatic rings. The van der Waals surface area contributed by atoms with E-state index < -0.39 is 0 Å². The van der Waals surface area contributed by atoms with Gasteiger partial charge in [-0.3, -0.25) is 9.47 Å². The van der Waals surface area contributed by atoms with E-state index in [0.29, 0.717) is 5.92 Å². The molecule has 25 heavy (non-hydrogen) atoms. The molecule has 0 spiro atoms. The Bertz CT molecular complexity index is 795. The molecule has 5 rings (SSSR count). The van der Waals surface area contributed by atoms with E-state index in [-0.39, 0.29) is 0 Å². The molecule has 5 heteroatoms. The number of nitrogens with zero attached hydrogens (tertiary/aromatic N) is 4. The molecule has 4 nitrogen and oxygen atoms in total. The highest BCUT2D eigenvalue weighted by Crippen LogP contribution is 2.40. The van der Waals surface area contributed by atoms with Gasteiger partial charge in [-0.2, -0.15) is 5.10 Å². The standard InChI is InChI=1S/C20H26N4S/c25-20-23(14-22(17-12-13-17)16-6-4-5-7-16)21-19(15-10-11-15)24(20)18-8-2-1-3-9-18/h1-3,8-9,15-17H,4-7,10-14H2. The summed E-state index contributed by atoms with van der Waals surface area (Å²) < 4.78 is 5.18. The molecule has 132 valence electrons. The normalized spacial score (nSPS) is 21.3. The second-order valence-corrected chi connectivity index (χ2v) is 8.28. The lowest BCUT2D eigenvalue weighted by atomic mass is 10.2. The molecule has 3 aliphatic carbocycles. The van der Waals surface area contributed by atoms with Crippen LogP contribution in [0.3, 0.4) is 0 Å². The van der Waals surface area contributed by atoms with Crippen LogP contribution in [0.5, 0.6) is 0 Å². The minimum atomic E-state index is 0.587. The fourth-order valence-electron chi connectivity index (χ4n) is 4.27. The minimum Gasteiger partial charge on any atom is -0.278 e. The number of hydrogen-bond acceptors (Lipinski definition) is 3. The Morgan fingerprint density at radius 3 is 2.28 bits per heavy atom. The first-order valence-electron chi connectivity index (χ1n) is 9.82. The van der Waals surface area contributed by atoms with Crippen molar-refractivity contribution in [3.8, 4) is 5.69 Å². The third-order valence-electron chi connectivity index (χ3n) is 5.93. The van der Waals surface area contributed by atoms with Crippen molar-refractivity contribution in [2.45, 2.75) is 76.0 Å². The molecule has 0 radical (unpaired) electrons. The Kier molecular flexibility index (Phi) is 4.01. The third-order valence-corrected chi connectivity index (χ3v) is 6.32. The fraction of sp³-hybridized carbons (Fsp3) is 0.600. The van der Waals surface area contributed by atoms with Gasteiger partial charge in [0.2, 0.25) is 4.77 Å². The predicted molar refractivity (Wildman–Crippen MR) is 101 cm³/mol. The summed E-state index contributed by atoms with van der Waals surface area (Å²) in [7, 11) is 0. The van der Waals surface area contributed by atoms with Gasteiger partial charge in [0, 0.05) is 23.7 Å². The van der Waals surface area contributed by atoms with E-state index in [1.807, 2.05) is 0 Å². The molecule has 0 bridgehead atoms. The smallest absolute Gasteiger partial charge is 0.203 e. The first-order chi connectivity index (χ1) is 12.3. The average Bonchev–Trinajstić information content (AvgIpc) is 3.56. The minimum absolute atomic E-state index is 0.587. The van der Waals surface area contributed by atoms with Crippen molar-refractivity contribution in [2.75, 3.05) is 0 Å². The number of benzene rings is 1. The van der Waals surface area contributed by atoms with Crippen molar-refractivity contribution in [1.29, 1.82) is 0 Å². The van der Waals surface area contributed by atoms with Crippen LogP contribution in [-0.2, 0) is 6.67 Å². The van der Waals surface area contributed by atoms with E-state index in [1.54, 1.807) is 0 Å². The van der Waals surface area contributed by atoms with Gasteiger partial charge in [0.05, 0.1) is 6.67 Å². The monoisotopic (exact) mass is 354 g/mol. The maximum atomic E-state index is 5.88. The quantitative estimate of drug-likeness (QED) is 0.707. The lowest BCUT2D eigenvalue weighted by molar-refractivity contribution is 0.134. The molecular weight excluding hydrogens is 328 g/mol. The van der Waals surface area contributed by atoms with Gasteiger partial charge in [-0.1, -0.05) is 31.0 Å². The zero-order valence-corrected chi connectivity index (χ0v) is 15.5. The molecule has 3 saturated carbocycles. The van der Waals surface area contributed by atoms with Crippen LogP contribution in [0.2, 0.25) is 0 Å². The lowest BCUT2D eigenvalue weighted by Crippen LogP contribution is -2.37. The van der Waals surface area contributed by atoms with Gasteiger partial charge >= 0.3 is 0 Å². The van der Waals surface area contributed by atoms with E-state index in [9.17, 15) is 0 Å². The molecule has 0 unspecified atom stereocenters. The Labute approximate surface area is 154 Å². The summed E-state index contributed by atoms with van der Waals surface area (Å²) in [5, 5.41) is 5.00. The number of aromatic nitrogens is 3. The predicted octanol–water partition coefficient (Wildman–Crippen LogP) is 4.65. The SMILES string of the molecule is S=c1n(CN(C2CCCC2)C2CC2)nc(C2CC2)n1-c1ccccc1. The van der Waals surface area contributed by atoms with Crippen molar-refractivity contribution >= 4 is 12.2 Å². The average molecular weight is 355 g/mol. The van der Waals surface area contributed by atoms with Crippen molar-refractivity contribution in [3.63, 3.8) is 0 Å². The van der Waals surface area contributed by atoms with Crippen LogP contribution < -0.4 is 0 Å². The summed E-state index contributed by atoms with van der Waals surface area (Å²) in [6.07, 6.45) is 10.6. The Balaban J connectivity index is 1.50. The highest BCUT2D eigenvalue weighted by atomic mass is 32.1. The topological polar surface area (TPSA) is 26.0 Å². The summed E-state index contributed by atoms with van der Waals surface area (Å²) in [6, 6.07) is 12.0. The maximum absolute atomic E-state index is 5.88. The van der Waals surface area contributed by atoms with Crippen LogP contribution in [0.4, 0.5) is 0 Å². The van der Waals surface area contributed by atoms with Gasteiger partial charge in [0.15, 0.2) is 0 Å². The highest BCUT2D eigenvalue weighted by Gasteiger charge is 2.36. The summed E-state index contributed by atoms with van der Waals surface area (Å²) in [6.45, 7) is 0.869. The molecule has 0 atom stereocenters. The lowest BCUT2D eigenvalue weighted by Gasteiger charge is -2.28. The first kappa shape index (κ1) is 15.8. The van der Waals surface area contributed by atoms with Crippen molar-refractivity contribution in [3.05, 3.63) is 40.9 Å². The van der Waals surface area contributed by atoms with Crippen LogP contribution in [-0.4, -0.2) is 31.3 Å². The summed E-state index contributed by atoms with van der Waals surface area (Å²) in [5.74, 6) is 1.75. The zero-order valence-electron chi connectivity index (χ0n) is 14.7. The second kappa shape index (κ2) is 6.36. The molecular formula is C20H26N4S. The summed E-state index contributed by atoms with van der Waals surface area (Å²) in [4.78, 5) is 2.70. The van der Waals surface area contributed by atoms with Crippen molar-refractivity contribution in [1.82, 2.24) is 19.2 Å². The van der Waals surface area contributed by atoms with Crippen LogP contribution in [0.25, 0.3) is 5.69 Å². The molecule has 1 heterocycles. The van der Waals surface area contributed by atoms with Crippen LogP contribution >= 0.6 is 12.2 Å². The maximum Gasteiger partial charge on any atom is 0.203 e. The van der Waals surface area contributed by atoms with Gasteiger partial charge in [0.25, 0.3) is 0 Å². The Morgan fingerprint density at radius 1 is 0.960 bits per heavy atom. The van der Waals surface area contributed by atoms with Crippen LogP contribution in [0.15, 0.2) is 30.3 Å². The van der Waals surface area contributed by atoms with Crippen LogP contribution in [0, 0.1) is 4.77 Å². The first-order valence-corrected chi connectivity index (χ1v) is 10.2. The van der Waals surface area contributed by atoms with Crippen molar-refractivity contribution < 1.29 is 0 Å². The number of para-hydroxylation sites is 1. The van der Waals surface area contributed by atoms with Crippen LogP contribution in [0.1, 0.15) is 63.1 Å². The molecule has 3 fully saturated rings. The van der Waals surface area contributed by atoms with E-state index >= 15 is 0 Å². The van der Waals surface area contributed by atoms with E-state index in [2.05, 4.69) is 44.5 Å². The molecule has 1 aromatic heterocycles. The van der Waals surface area contributed by atoms with E-state index in [1.165, 1.54) is 57.2 Å². The number of hydrogen-bond donors (Lipinski definition) is 0. The zero-order chi connectivity index (χ0) is 16.8. The molecule has 0 aliphatic heterocycles. The number of rotatable bonds is 6. The highest BCUT2D eigenvalue weighted by molar-refractivity contribution is 7.71. The van der Waals surface area contributed by atoms with E-state index in [4.69, 9.17) is 17.3 Å². The molecule has 2 aromatic rings. The van der Waals surface area contributed by atoms with Gasteiger partial charge in [-0.25, -0.2) is 4.68 Å².